The molecule has 96 valence electrons. The molecule has 1 N–H and O–H groups in total. The molecule has 1 heterocycles. The van der Waals surface area contributed by atoms with Crippen LogP contribution in [0.15, 0.2) is 0 Å². The third-order valence-corrected chi connectivity index (χ3v) is 2.52. The SMILES string of the molecule is C[C-]1CNCCN(C)CCN1C.[Cl-].[Cl-].[Cl-].[Ti+4]. The Morgan fingerprint density at radius 2 is 1.56 bits per heavy atom. The van der Waals surface area contributed by atoms with Gasteiger partial charge >= 0.3 is 21.7 Å². The molecule has 0 unspecified atom stereocenters. The van der Waals surface area contributed by atoms with Crippen LogP contribution in [0.2, 0.25) is 0 Å². The minimum absolute atomic E-state index is 0. The molecule has 0 spiro atoms. The van der Waals surface area contributed by atoms with Crippen molar-refractivity contribution in [3.8, 4) is 0 Å². The molecule has 0 aromatic carbocycles. The molecular weight excluding hydrogens is 304 g/mol. The number of hydrogen-bond donors (Lipinski definition) is 1. The molecule has 0 amide bonds. The van der Waals surface area contributed by atoms with Crippen molar-refractivity contribution >= 4 is 0 Å². The van der Waals surface area contributed by atoms with Crippen molar-refractivity contribution in [1.29, 1.82) is 0 Å². The van der Waals surface area contributed by atoms with E-state index in [0.717, 1.165) is 32.7 Å². The summed E-state index contributed by atoms with van der Waals surface area (Å²) in [4.78, 5) is 4.69. The van der Waals surface area contributed by atoms with Crippen LogP contribution in [0.3, 0.4) is 0 Å². The first-order chi connectivity index (χ1) is 5.70. The molecule has 7 heteroatoms. The third kappa shape index (κ3) is 10.6. The molecule has 0 saturated carbocycles. The van der Waals surface area contributed by atoms with Crippen LogP contribution in [0.1, 0.15) is 6.92 Å². The molecule has 0 aliphatic carbocycles. The smallest absolute Gasteiger partial charge is 1.00 e. The van der Waals surface area contributed by atoms with E-state index in [1.54, 1.807) is 0 Å². The van der Waals surface area contributed by atoms with Gasteiger partial charge in [0.15, 0.2) is 0 Å². The average molecular weight is 325 g/mol. The molecule has 1 saturated heterocycles. The molecule has 3 nitrogen and oxygen atoms in total. The van der Waals surface area contributed by atoms with Crippen LogP contribution in [0, 0.1) is 6.04 Å². The van der Waals surface area contributed by atoms with E-state index in [-0.39, 0.29) is 58.9 Å². The van der Waals surface area contributed by atoms with E-state index in [1.807, 2.05) is 0 Å². The Morgan fingerprint density at radius 3 is 2.12 bits per heavy atom. The van der Waals surface area contributed by atoms with Gasteiger partial charge in [-0.15, -0.1) is 6.54 Å². The fourth-order valence-electron chi connectivity index (χ4n) is 1.30. The predicted molar refractivity (Wildman–Crippen MR) is 51.9 cm³/mol. The summed E-state index contributed by atoms with van der Waals surface area (Å²) in [5.41, 5.74) is 0. The normalized spacial score (nSPS) is 19.7. The summed E-state index contributed by atoms with van der Waals surface area (Å²) in [7, 11) is 4.34. The monoisotopic (exact) mass is 323 g/mol. The van der Waals surface area contributed by atoms with Gasteiger partial charge in [-0.3, -0.25) is 0 Å². The molecule has 0 radical (unpaired) electrons. The quantitative estimate of drug-likeness (QED) is 0.353. The molecular formula is C9H20Cl3N3Ti. The largest absolute Gasteiger partial charge is 4.00 e. The maximum Gasteiger partial charge on any atom is 4.00 e. The van der Waals surface area contributed by atoms with Crippen molar-refractivity contribution in [2.75, 3.05) is 46.8 Å². The molecule has 0 aromatic heterocycles. The van der Waals surface area contributed by atoms with Crippen LogP contribution in [0.5, 0.6) is 0 Å². The summed E-state index contributed by atoms with van der Waals surface area (Å²) in [5, 5.41) is 3.42. The number of rotatable bonds is 0. The van der Waals surface area contributed by atoms with Gasteiger partial charge < -0.3 is 52.3 Å². The second kappa shape index (κ2) is 14.5. The predicted octanol–water partition coefficient (Wildman–Crippen LogP) is -8.99. The molecule has 1 fully saturated rings. The second-order valence-electron chi connectivity index (χ2n) is 3.64. The number of nitrogens with zero attached hydrogens (tertiary/aromatic N) is 2. The van der Waals surface area contributed by atoms with E-state index in [0.29, 0.717) is 0 Å². The van der Waals surface area contributed by atoms with E-state index in [1.165, 1.54) is 6.04 Å². The van der Waals surface area contributed by atoms with Gasteiger partial charge in [-0.05, 0) is 20.6 Å². The third-order valence-electron chi connectivity index (χ3n) is 2.52. The first-order valence-electron chi connectivity index (χ1n) is 4.63. The summed E-state index contributed by atoms with van der Waals surface area (Å²) in [6, 6.07) is 1.44. The minimum Gasteiger partial charge on any atom is -1.00 e. The van der Waals surface area contributed by atoms with Crippen molar-refractivity contribution in [1.82, 2.24) is 15.1 Å². The Bertz CT molecular complexity index is 143. The van der Waals surface area contributed by atoms with Gasteiger partial charge in [0.2, 0.25) is 0 Å². The van der Waals surface area contributed by atoms with Gasteiger partial charge in [0, 0.05) is 19.6 Å². The van der Waals surface area contributed by atoms with Crippen LogP contribution in [-0.2, 0) is 21.7 Å². The van der Waals surface area contributed by atoms with Crippen molar-refractivity contribution < 1.29 is 58.9 Å². The van der Waals surface area contributed by atoms with Crippen LogP contribution >= 0.6 is 0 Å². The topological polar surface area (TPSA) is 18.5 Å². The maximum atomic E-state index is 3.42. The number of halogens is 3. The standard InChI is InChI=1S/C9H20N3.3ClH.Ti/c1-9-8-10-4-5-11(2)6-7-12(9)3;;;;/h10H,4-8H2,1-3H3;3*1H;/q-1;;;;+4/p-3. The van der Waals surface area contributed by atoms with Gasteiger partial charge in [0.1, 0.15) is 0 Å². The maximum absolute atomic E-state index is 3.42. The zero-order chi connectivity index (χ0) is 8.97. The summed E-state index contributed by atoms with van der Waals surface area (Å²) < 4.78 is 0. The second-order valence-corrected chi connectivity index (χ2v) is 3.64. The van der Waals surface area contributed by atoms with Crippen molar-refractivity contribution in [2.24, 2.45) is 0 Å². The summed E-state index contributed by atoms with van der Waals surface area (Å²) in [6.45, 7) is 7.78. The Morgan fingerprint density at radius 1 is 1.00 bits per heavy atom. The van der Waals surface area contributed by atoms with Crippen LogP contribution in [0.25, 0.3) is 0 Å². The minimum atomic E-state index is 0. The average Bonchev–Trinajstić information content (AvgIpc) is 2.11. The van der Waals surface area contributed by atoms with E-state index in [9.17, 15) is 0 Å². The fraction of sp³-hybridized carbons (Fsp3) is 0.889. The number of likely N-dealkylation sites (N-methyl/N-ethyl adjacent to an activating group) is 2. The Balaban J connectivity index is -0.000000180. The van der Waals surface area contributed by atoms with Gasteiger partial charge in [-0.2, -0.15) is 6.92 Å². The van der Waals surface area contributed by atoms with Crippen molar-refractivity contribution in [2.45, 2.75) is 6.92 Å². The fourth-order valence-corrected chi connectivity index (χ4v) is 1.30. The number of hydrogen-bond acceptors (Lipinski definition) is 3. The molecule has 0 atom stereocenters. The van der Waals surface area contributed by atoms with Gasteiger partial charge in [0.05, 0.1) is 0 Å². The van der Waals surface area contributed by atoms with Crippen molar-refractivity contribution in [3.63, 3.8) is 0 Å². The summed E-state index contributed by atoms with van der Waals surface area (Å²) in [6.07, 6.45) is 0. The Hall–Kier alpha value is 1.46. The van der Waals surface area contributed by atoms with Gasteiger partial charge in [0.25, 0.3) is 0 Å². The molecule has 0 bridgehead atoms. The molecule has 1 rings (SSSR count). The van der Waals surface area contributed by atoms with Gasteiger partial charge in [-0.1, -0.05) is 0 Å². The van der Waals surface area contributed by atoms with Crippen molar-refractivity contribution in [3.05, 3.63) is 6.04 Å². The Kier molecular flexibility index (Phi) is 23.7. The molecule has 0 aromatic rings. The molecule has 1 aliphatic heterocycles. The van der Waals surface area contributed by atoms with E-state index in [4.69, 9.17) is 0 Å². The summed E-state index contributed by atoms with van der Waals surface area (Å²) in [5.74, 6) is 0. The summed E-state index contributed by atoms with van der Waals surface area (Å²) >= 11 is 0. The Labute approximate surface area is 133 Å². The zero-order valence-corrected chi connectivity index (χ0v) is 13.9. The van der Waals surface area contributed by atoms with E-state index < -0.39 is 0 Å². The van der Waals surface area contributed by atoms with Crippen LogP contribution in [-0.4, -0.2) is 56.6 Å². The number of nitrogens with one attached hydrogen (secondary N) is 1. The van der Waals surface area contributed by atoms with E-state index in [2.05, 4.69) is 36.1 Å². The molecule has 16 heavy (non-hydrogen) atoms. The first kappa shape index (κ1) is 26.1. The van der Waals surface area contributed by atoms with Crippen LogP contribution in [0.4, 0.5) is 0 Å². The zero-order valence-electron chi connectivity index (χ0n) is 10.1. The van der Waals surface area contributed by atoms with Crippen LogP contribution < -0.4 is 42.5 Å². The van der Waals surface area contributed by atoms with Gasteiger partial charge in [-0.25, -0.2) is 6.04 Å². The molecule has 1 aliphatic rings. The first-order valence-corrected chi connectivity index (χ1v) is 4.63. The van der Waals surface area contributed by atoms with E-state index >= 15 is 0 Å².